The highest BCUT2D eigenvalue weighted by molar-refractivity contribution is 5.84. The van der Waals surface area contributed by atoms with Crippen LogP contribution in [0.2, 0.25) is 0 Å². The summed E-state index contributed by atoms with van der Waals surface area (Å²) >= 11 is 0. The molecule has 4 saturated carbocycles. The maximum Gasteiger partial charge on any atom is 0.266 e. The summed E-state index contributed by atoms with van der Waals surface area (Å²) in [6.07, 6.45) is 4.27. The zero-order valence-corrected chi connectivity index (χ0v) is 20.2. The van der Waals surface area contributed by atoms with Crippen molar-refractivity contribution in [3.8, 4) is 0 Å². The number of aromatic nitrogens is 3. The van der Waals surface area contributed by atoms with Crippen molar-refractivity contribution in [1.82, 2.24) is 15.0 Å². The fraction of sp³-hybridized carbons (Fsp3) is 0.741. The molecular weight excluding hydrogens is 455 g/mol. The van der Waals surface area contributed by atoms with E-state index in [4.69, 9.17) is 0 Å². The Labute approximate surface area is 203 Å². The summed E-state index contributed by atoms with van der Waals surface area (Å²) in [5.74, 6) is 1.86. The van der Waals surface area contributed by atoms with Crippen LogP contribution in [0.3, 0.4) is 0 Å². The number of Topliss-reactive ketones (excluding diaryl/α,β-unsaturated/α-hetero) is 1. The molecule has 6 rings (SSSR count). The number of carbonyl (C=O) groups is 1. The van der Waals surface area contributed by atoms with E-state index in [0.29, 0.717) is 41.1 Å². The van der Waals surface area contributed by atoms with Crippen LogP contribution in [0.25, 0.3) is 11.0 Å². The van der Waals surface area contributed by atoms with Crippen LogP contribution in [0.5, 0.6) is 0 Å². The first kappa shape index (κ1) is 23.4. The minimum absolute atomic E-state index is 0.0470. The van der Waals surface area contributed by atoms with Crippen LogP contribution in [0.15, 0.2) is 18.2 Å². The van der Waals surface area contributed by atoms with Crippen LogP contribution >= 0.6 is 0 Å². The molecule has 0 spiro atoms. The summed E-state index contributed by atoms with van der Waals surface area (Å²) in [5, 5.41) is 18.6. The molecule has 5 nitrogen and oxygen atoms in total. The average molecular weight is 490 g/mol. The van der Waals surface area contributed by atoms with E-state index in [-0.39, 0.29) is 48.2 Å². The first-order valence-corrected chi connectivity index (χ1v) is 13.2. The van der Waals surface area contributed by atoms with E-state index < -0.39 is 12.0 Å². The SMILES string of the molecule is C[C@]12CC[C@H]3[C@@H](CC[C@@H]4C[C@@](O)(C(F)F)CC[C@@H]43)[C@@H]1CC[C@@H]2C(=O)Cn1nnc2ccc(F)cc21. The van der Waals surface area contributed by atoms with Crippen molar-refractivity contribution in [1.29, 1.82) is 0 Å². The molecule has 0 bridgehead atoms. The number of alkyl halides is 2. The number of ketones is 1. The highest BCUT2D eigenvalue weighted by Gasteiger charge is 2.59. The van der Waals surface area contributed by atoms with Crippen molar-refractivity contribution in [3.05, 3.63) is 24.0 Å². The second kappa shape index (κ2) is 8.29. The Morgan fingerprint density at radius 1 is 1.11 bits per heavy atom. The normalized spacial score (nSPS) is 41.0. The molecule has 4 aliphatic carbocycles. The van der Waals surface area contributed by atoms with Gasteiger partial charge in [0.05, 0.1) is 5.52 Å². The molecule has 1 aromatic heterocycles. The molecule has 8 heteroatoms. The van der Waals surface area contributed by atoms with Gasteiger partial charge < -0.3 is 5.11 Å². The lowest BCUT2D eigenvalue weighted by Gasteiger charge is -2.57. The lowest BCUT2D eigenvalue weighted by molar-refractivity contribution is -0.160. The van der Waals surface area contributed by atoms with Crippen LogP contribution in [-0.2, 0) is 11.3 Å². The van der Waals surface area contributed by atoms with Crippen LogP contribution < -0.4 is 0 Å². The Balaban J connectivity index is 1.18. The monoisotopic (exact) mass is 489 g/mol. The standard InChI is InChI=1S/C27H34F3N3O2/c1-26-10-8-18-17-9-11-27(35,25(29)30)13-15(17)2-4-19(18)20(26)5-6-21(26)24(34)14-33-23-12-16(28)3-7-22(23)31-32-33/h3,7,12,15,17-21,25,35H,2,4-6,8-11,13-14H2,1H3/t15-,17+,18-,19-,20+,21-,26+,27-/m1/s1. The maximum absolute atomic E-state index is 13.8. The minimum Gasteiger partial charge on any atom is -0.384 e. The fourth-order valence-corrected chi connectivity index (χ4v) is 8.95. The molecule has 4 aliphatic rings. The Bertz CT molecular complexity index is 1140. The van der Waals surface area contributed by atoms with Crippen molar-refractivity contribution in [2.24, 2.45) is 40.9 Å². The predicted molar refractivity (Wildman–Crippen MR) is 124 cm³/mol. The fourth-order valence-electron chi connectivity index (χ4n) is 8.95. The number of rotatable bonds is 4. The second-order valence-electron chi connectivity index (χ2n) is 12.1. The van der Waals surface area contributed by atoms with Crippen LogP contribution in [-0.4, -0.2) is 37.9 Å². The summed E-state index contributed by atoms with van der Waals surface area (Å²) in [5.41, 5.74) is -0.749. The molecule has 0 radical (unpaired) electrons. The lowest BCUT2D eigenvalue weighted by Crippen LogP contribution is -2.53. The molecular formula is C27H34F3N3O2. The number of aliphatic hydroxyl groups is 1. The Morgan fingerprint density at radius 2 is 1.91 bits per heavy atom. The van der Waals surface area contributed by atoms with Gasteiger partial charge in [-0.2, -0.15) is 0 Å². The Morgan fingerprint density at radius 3 is 2.71 bits per heavy atom. The summed E-state index contributed by atoms with van der Waals surface area (Å²) in [6, 6.07) is 4.31. The van der Waals surface area contributed by atoms with Gasteiger partial charge in [-0.25, -0.2) is 17.9 Å². The third kappa shape index (κ3) is 3.65. The van der Waals surface area contributed by atoms with E-state index in [1.54, 1.807) is 6.07 Å². The van der Waals surface area contributed by atoms with Gasteiger partial charge in [0, 0.05) is 12.0 Å². The van der Waals surface area contributed by atoms with Gasteiger partial charge in [0.15, 0.2) is 5.78 Å². The van der Waals surface area contributed by atoms with Crippen LogP contribution in [0.1, 0.15) is 64.7 Å². The quantitative estimate of drug-likeness (QED) is 0.624. The number of benzene rings is 1. The molecule has 8 atom stereocenters. The molecule has 4 fully saturated rings. The topological polar surface area (TPSA) is 68.0 Å². The number of nitrogens with zero attached hydrogens (tertiary/aromatic N) is 3. The molecule has 0 amide bonds. The first-order chi connectivity index (χ1) is 16.7. The van der Waals surface area contributed by atoms with Gasteiger partial charge in [0.2, 0.25) is 0 Å². The molecule has 1 heterocycles. The molecule has 0 saturated heterocycles. The minimum atomic E-state index is -2.67. The highest BCUT2D eigenvalue weighted by Crippen LogP contribution is 2.65. The third-order valence-electron chi connectivity index (χ3n) is 10.6. The molecule has 35 heavy (non-hydrogen) atoms. The van der Waals surface area contributed by atoms with E-state index in [0.717, 1.165) is 38.5 Å². The molecule has 1 N–H and O–H groups in total. The molecule has 190 valence electrons. The van der Waals surface area contributed by atoms with Crippen LogP contribution in [0, 0.1) is 46.7 Å². The molecule has 2 aromatic rings. The molecule has 0 aliphatic heterocycles. The predicted octanol–water partition coefficient (Wildman–Crippen LogP) is 5.40. The van der Waals surface area contributed by atoms with Crippen molar-refractivity contribution >= 4 is 16.8 Å². The summed E-state index contributed by atoms with van der Waals surface area (Å²) in [4.78, 5) is 13.5. The first-order valence-electron chi connectivity index (χ1n) is 13.2. The van der Waals surface area contributed by atoms with Crippen molar-refractivity contribution in [3.63, 3.8) is 0 Å². The highest BCUT2D eigenvalue weighted by atomic mass is 19.3. The molecule has 0 unspecified atom stereocenters. The smallest absolute Gasteiger partial charge is 0.266 e. The van der Waals surface area contributed by atoms with E-state index in [1.807, 2.05) is 0 Å². The number of halogens is 3. The average Bonchev–Trinajstić information content (AvgIpc) is 3.38. The van der Waals surface area contributed by atoms with Crippen molar-refractivity contribution < 1.29 is 23.1 Å². The number of hydrogen-bond donors (Lipinski definition) is 1. The number of carbonyl (C=O) groups excluding carboxylic acids is 1. The van der Waals surface area contributed by atoms with Crippen molar-refractivity contribution in [2.75, 3.05) is 0 Å². The zero-order valence-electron chi connectivity index (χ0n) is 20.2. The molecule has 1 aromatic carbocycles. The van der Waals surface area contributed by atoms with E-state index in [1.165, 1.54) is 16.8 Å². The Hall–Kier alpha value is -1.96. The zero-order chi connectivity index (χ0) is 24.5. The van der Waals surface area contributed by atoms with E-state index in [2.05, 4.69) is 17.2 Å². The summed E-state index contributed by atoms with van der Waals surface area (Å²) in [7, 11) is 0. The van der Waals surface area contributed by atoms with E-state index >= 15 is 0 Å². The van der Waals surface area contributed by atoms with Gasteiger partial charge in [0.1, 0.15) is 23.5 Å². The summed E-state index contributed by atoms with van der Waals surface area (Å²) < 4.78 is 42.2. The van der Waals surface area contributed by atoms with E-state index in [9.17, 15) is 23.1 Å². The Kier molecular flexibility index (Phi) is 5.55. The second-order valence-corrected chi connectivity index (χ2v) is 12.1. The van der Waals surface area contributed by atoms with Gasteiger partial charge in [-0.15, -0.1) is 5.10 Å². The van der Waals surface area contributed by atoms with Crippen LogP contribution in [0.4, 0.5) is 13.2 Å². The van der Waals surface area contributed by atoms with Crippen molar-refractivity contribution in [2.45, 2.75) is 83.3 Å². The van der Waals surface area contributed by atoms with Gasteiger partial charge in [-0.05, 0) is 105 Å². The lowest BCUT2D eigenvalue weighted by atomic mass is 9.49. The van der Waals surface area contributed by atoms with Gasteiger partial charge >= 0.3 is 0 Å². The van der Waals surface area contributed by atoms with Gasteiger partial charge in [-0.3, -0.25) is 4.79 Å². The van der Waals surface area contributed by atoms with Gasteiger partial charge in [-0.1, -0.05) is 12.1 Å². The number of hydrogen-bond acceptors (Lipinski definition) is 4. The number of fused-ring (bicyclic) bond motifs is 6. The summed E-state index contributed by atoms with van der Waals surface area (Å²) in [6.45, 7) is 2.39. The third-order valence-corrected chi connectivity index (χ3v) is 10.6. The van der Waals surface area contributed by atoms with Gasteiger partial charge in [0.25, 0.3) is 6.43 Å². The largest absolute Gasteiger partial charge is 0.384 e. The maximum atomic E-state index is 13.8.